The summed E-state index contributed by atoms with van der Waals surface area (Å²) in [6.45, 7) is 0.372. The van der Waals surface area contributed by atoms with Gasteiger partial charge >= 0.3 is 0 Å². The van der Waals surface area contributed by atoms with Crippen LogP contribution in [0.1, 0.15) is 16.2 Å². The summed E-state index contributed by atoms with van der Waals surface area (Å²) in [7, 11) is 1.77. The zero-order chi connectivity index (χ0) is 13.0. The lowest BCUT2D eigenvalue weighted by atomic mass is 10.2. The van der Waals surface area contributed by atoms with Crippen molar-refractivity contribution in [3.05, 3.63) is 47.8 Å². The summed E-state index contributed by atoms with van der Waals surface area (Å²) in [6, 6.07) is 5.88. The molecule has 0 aliphatic carbocycles. The Morgan fingerprint density at radius 1 is 1.44 bits per heavy atom. The number of nitrogens with zero attached hydrogens (tertiary/aromatic N) is 3. The van der Waals surface area contributed by atoms with Crippen LogP contribution in [-0.2, 0) is 13.5 Å². The van der Waals surface area contributed by atoms with E-state index >= 15 is 0 Å². The Morgan fingerprint density at radius 2 is 2.22 bits per heavy atom. The van der Waals surface area contributed by atoms with Crippen molar-refractivity contribution in [2.24, 2.45) is 7.05 Å². The molecule has 0 spiro atoms. The Kier molecular flexibility index (Phi) is 3.66. The maximum atomic E-state index is 13.3. The number of carbonyl (C=O) groups is 1. The van der Waals surface area contributed by atoms with Crippen LogP contribution in [0.2, 0.25) is 0 Å². The van der Waals surface area contributed by atoms with E-state index in [0.717, 1.165) is 0 Å². The van der Waals surface area contributed by atoms with E-state index in [0.29, 0.717) is 18.8 Å². The van der Waals surface area contributed by atoms with Crippen molar-refractivity contribution in [2.45, 2.75) is 6.42 Å². The molecule has 2 aromatic rings. The predicted octanol–water partition coefficient (Wildman–Crippen LogP) is 0.927. The van der Waals surface area contributed by atoms with Gasteiger partial charge in [0.15, 0.2) is 5.82 Å². The molecule has 1 heterocycles. The largest absolute Gasteiger partial charge is 0.351 e. The van der Waals surface area contributed by atoms with Gasteiger partial charge < -0.3 is 5.32 Å². The number of benzene rings is 1. The molecule has 0 bridgehead atoms. The van der Waals surface area contributed by atoms with Crippen LogP contribution in [-0.4, -0.2) is 27.2 Å². The number of hydrogen-bond acceptors (Lipinski definition) is 3. The summed E-state index contributed by atoms with van der Waals surface area (Å²) in [4.78, 5) is 15.7. The second-order valence-electron chi connectivity index (χ2n) is 3.82. The van der Waals surface area contributed by atoms with Crippen LogP contribution in [0.5, 0.6) is 0 Å². The summed E-state index contributed by atoms with van der Waals surface area (Å²) in [5, 5.41) is 6.71. The second-order valence-corrected chi connectivity index (χ2v) is 3.82. The first-order chi connectivity index (χ1) is 8.66. The molecule has 0 saturated heterocycles. The molecule has 1 aromatic carbocycles. The lowest BCUT2D eigenvalue weighted by Crippen LogP contribution is -2.26. The van der Waals surface area contributed by atoms with Crippen LogP contribution in [0.15, 0.2) is 30.6 Å². The molecule has 0 fully saturated rings. The normalized spacial score (nSPS) is 10.3. The van der Waals surface area contributed by atoms with Crippen LogP contribution in [0.25, 0.3) is 0 Å². The molecule has 2 rings (SSSR count). The third-order valence-electron chi connectivity index (χ3n) is 2.40. The first-order valence-electron chi connectivity index (χ1n) is 5.54. The van der Waals surface area contributed by atoms with Crippen molar-refractivity contribution in [1.29, 1.82) is 0 Å². The number of rotatable bonds is 4. The molecular formula is C12H13FN4O. The fourth-order valence-corrected chi connectivity index (χ4v) is 1.53. The molecule has 0 aliphatic heterocycles. The van der Waals surface area contributed by atoms with Gasteiger partial charge in [0, 0.05) is 20.0 Å². The van der Waals surface area contributed by atoms with Gasteiger partial charge in [0.25, 0.3) is 5.91 Å². The van der Waals surface area contributed by atoms with E-state index in [4.69, 9.17) is 0 Å². The van der Waals surface area contributed by atoms with Gasteiger partial charge in [0.05, 0.1) is 5.56 Å². The third-order valence-corrected chi connectivity index (χ3v) is 2.40. The van der Waals surface area contributed by atoms with E-state index in [9.17, 15) is 9.18 Å². The Morgan fingerprint density at radius 3 is 2.89 bits per heavy atom. The quantitative estimate of drug-likeness (QED) is 0.875. The monoisotopic (exact) mass is 248 g/mol. The summed E-state index contributed by atoms with van der Waals surface area (Å²) in [5.41, 5.74) is 0.0477. The molecule has 0 atom stereocenters. The van der Waals surface area contributed by atoms with Crippen LogP contribution in [0.3, 0.4) is 0 Å². The summed E-state index contributed by atoms with van der Waals surface area (Å²) >= 11 is 0. The number of nitrogens with one attached hydrogen (secondary N) is 1. The average Bonchev–Trinajstić information content (AvgIpc) is 2.75. The highest BCUT2D eigenvalue weighted by atomic mass is 19.1. The first-order valence-corrected chi connectivity index (χ1v) is 5.54. The van der Waals surface area contributed by atoms with Crippen LogP contribution in [0.4, 0.5) is 4.39 Å². The van der Waals surface area contributed by atoms with Gasteiger partial charge in [-0.2, -0.15) is 5.10 Å². The van der Waals surface area contributed by atoms with Crippen molar-refractivity contribution >= 4 is 5.91 Å². The van der Waals surface area contributed by atoms with E-state index < -0.39 is 11.7 Å². The standard InChI is InChI=1S/C12H13FN4O/c1-17-8-15-11(16-17)6-7-14-12(18)9-4-2-3-5-10(9)13/h2-5,8H,6-7H2,1H3,(H,14,18). The lowest BCUT2D eigenvalue weighted by Gasteiger charge is -2.04. The zero-order valence-electron chi connectivity index (χ0n) is 9.93. The number of amides is 1. The van der Waals surface area contributed by atoms with Gasteiger partial charge in [-0.3, -0.25) is 9.48 Å². The number of carbonyl (C=O) groups excluding carboxylic acids is 1. The first kappa shape index (κ1) is 12.2. The lowest BCUT2D eigenvalue weighted by molar-refractivity contribution is 0.0950. The highest BCUT2D eigenvalue weighted by Gasteiger charge is 2.10. The smallest absolute Gasteiger partial charge is 0.254 e. The second kappa shape index (κ2) is 5.39. The van der Waals surface area contributed by atoms with Crippen LogP contribution in [0, 0.1) is 5.82 Å². The summed E-state index contributed by atoms with van der Waals surface area (Å²) in [6.07, 6.45) is 2.11. The maximum absolute atomic E-state index is 13.3. The van der Waals surface area contributed by atoms with Gasteiger partial charge in [0.2, 0.25) is 0 Å². The van der Waals surface area contributed by atoms with Gasteiger partial charge in [-0.1, -0.05) is 12.1 Å². The summed E-state index contributed by atoms with van der Waals surface area (Å²) in [5.74, 6) is -0.304. The van der Waals surface area contributed by atoms with Crippen molar-refractivity contribution in [1.82, 2.24) is 20.1 Å². The molecule has 0 radical (unpaired) electrons. The molecule has 1 aromatic heterocycles. The van der Waals surface area contributed by atoms with Crippen molar-refractivity contribution in [2.75, 3.05) is 6.54 Å². The predicted molar refractivity (Wildman–Crippen MR) is 63.4 cm³/mol. The van der Waals surface area contributed by atoms with Gasteiger partial charge in [-0.25, -0.2) is 9.37 Å². The number of aromatic nitrogens is 3. The number of halogens is 1. The Hall–Kier alpha value is -2.24. The summed E-state index contributed by atoms with van der Waals surface area (Å²) < 4.78 is 14.9. The minimum Gasteiger partial charge on any atom is -0.351 e. The molecule has 0 unspecified atom stereocenters. The molecule has 18 heavy (non-hydrogen) atoms. The van der Waals surface area contributed by atoms with E-state index in [-0.39, 0.29) is 5.56 Å². The van der Waals surface area contributed by atoms with Crippen molar-refractivity contribution in [3.8, 4) is 0 Å². The van der Waals surface area contributed by atoms with Gasteiger partial charge in [-0.15, -0.1) is 0 Å². The van der Waals surface area contributed by atoms with Crippen LogP contribution < -0.4 is 5.32 Å². The Balaban J connectivity index is 1.87. The van der Waals surface area contributed by atoms with Crippen LogP contribution >= 0.6 is 0 Å². The minimum absolute atomic E-state index is 0.0477. The van der Waals surface area contributed by atoms with E-state index in [1.54, 1.807) is 30.2 Å². The molecule has 94 valence electrons. The molecule has 0 saturated carbocycles. The Bertz CT molecular complexity index is 553. The highest BCUT2D eigenvalue weighted by molar-refractivity contribution is 5.94. The van der Waals surface area contributed by atoms with Crippen molar-refractivity contribution in [3.63, 3.8) is 0 Å². The van der Waals surface area contributed by atoms with E-state index in [2.05, 4.69) is 15.4 Å². The highest BCUT2D eigenvalue weighted by Crippen LogP contribution is 2.05. The number of hydrogen-bond donors (Lipinski definition) is 1. The SMILES string of the molecule is Cn1cnc(CCNC(=O)c2ccccc2F)n1. The van der Waals surface area contributed by atoms with E-state index in [1.807, 2.05) is 0 Å². The molecule has 6 heteroatoms. The van der Waals surface area contributed by atoms with Gasteiger partial charge in [0.1, 0.15) is 12.1 Å². The fourth-order valence-electron chi connectivity index (χ4n) is 1.53. The fraction of sp³-hybridized carbons (Fsp3) is 0.250. The molecule has 1 N–H and O–H groups in total. The molecule has 1 amide bonds. The Labute approximate surface area is 104 Å². The van der Waals surface area contributed by atoms with E-state index in [1.165, 1.54) is 12.1 Å². The molecule has 0 aliphatic rings. The topological polar surface area (TPSA) is 59.8 Å². The van der Waals surface area contributed by atoms with Crippen molar-refractivity contribution < 1.29 is 9.18 Å². The van der Waals surface area contributed by atoms with Gasteiger partial charge in [-0.05, 0) is 12.1 Å². The molecular weight excluding hydrogens is 235 g/mol. The molecule has 5 nitrogen and oxygen atoms in total. The third kappa shape index (κ3) is 2.91. The minimum atomic E-state index is -0.522. The average molecular weight is 248 g/mol. The number of aryl methyl sites for hydroxylation is 1. The maximum Gasteiger partial charge on any atom is 0.254 e. The zero-order valence-corrected chi connectivity index (χ0v) is 9.93.